The first kappa shape index (κ1) is 16.8. The van der Waals surface area contributed by atoms with Crippen molar-refractivity contribution in [2.75, 3.05) is 13.1 Å². The summed E-state index contributed by atoms with van der Waals surface area (Å²) in [5, 5.41) is 13.5. The van der Waals surface area contributed by atoms with Crippen molar-refractivity contribution in [2.24, 2.45) is 0 Å². The first-order valence-corrected chi connectivity index (χ1v) is 9.23. The molecule has 4 rings (SSSR count). The Labute approximate surface area is 152 Å². The van der Waals surface area contributed by atoms with Crippen LogP contribution in [-0.2, 0) is 12.8 Å². The summed E-state index contributed by atoms with van der Waals surface area (Å²) in [4.78, 5) is 26.1. The first-order valence-electron chi connectivity index (χ1n) is 9.23. The molecular weight excluding hydrogens is 330 g/mol. The number of rotatable bonds is 3. The van der Waals surface area contributed by atoms with E-state index in [2.05, 4.69) is 11.2 Å². The molecule has 0 radical (unpaired) electrons. The average molecular weight is 353 g/mol. The van der Waals surface area contributed by atoms with Crippen LogP contribution in [0, 0.1) is 6.92 Å². The first-order chi connectivity index (χ1) is 12.6. The molecule has 1 fully saturated rings. The second-order valence-electron chi connectivity index (χ2n) is 7.21. The predicted octanol–water partition coefficient (Wildman–Crippen LogP) is 2.86. The van der Waals surface area contributed by atoms with Gasteiger partial charge in [-0.1, -0.05) is 12.1 Å². The molecule has 1 aliphatic carbocycles. The van der Waals surface area contributed by atoms with E-state index in [1.807, 2.05) is 21.7 Å². The zero-order chi connectivity index (χ0) is 18.3. The molecule has 2 heterocycles. The monoisotopic (exact) mass is 353 g/mol. The normalized spacial score (nSPS) is 17.3. The fourth-order valence-corrected chi connectivity index (χ4v) is 4.31. The third-order valence-corrected chi connectivity index (χ3v) is 5.75. The highest BCUT2D eigenvalue weighted by Gasteiger charge is 2.29. The van der Waals surface area contributed by atoms with Gasteiger partial charge < -0.3 is 10.0 Å². The van der Waals surface area contributed by atoms with E-state index in [4.69, 9.17) is 0 Å². The van der Waals surface area contributed by atoms with Crippen molar-refractivity contribution in [2.45, 2.75) is 45.1 Å². The van der Waals surface area contributed by atoms with Crippen LogP contribution in [0.1, 0.15) is 62.8 Å². The van der Waals surface area contributed by atoms with Gasteiger partial charge in [-0.25, -0.2) is 4.79 Å². The SMILES string of the molecule is Cc1c(C(=O)O)cnn1C1CCN(C(=O)c2cccc3c2CCC3)CC1. The van der Waals surface area contributed by atoms with Gasteiger partial charge in [0.15, 0.2) is 0 Å². The number of hydrogen-bond donors (Lipinski definition) is 1. The third kappa shape index (κ3) is 2.79. The molecule has 0 spiro atoms. The van der Waals surface area contributed by atoms with E-state index in [0.29, 0.717) is 18.8 Å². The lowest BCUT2D eigenvalue weighted by Gasteiger charge is -2.33. The third-order valence-electron chi connectivity index (χ3n) is 5.75. The number of benzene rings is 1. The van der Waals surface area contributed by atoms with Gasteiger partial charge in [-0.05, 0) is 56.2 Å². The van der Waals surface area contributed by atoms with Crippen molar-refractivity contribution >= 4 is 11.9 Å². The highest BCUT2D eigenvalue weighted by Crippen LogP contribution is 2.29. The molecule has 1 aromatic carbocycles. The van der Waals surface area contributed by atoms with E-state index in [9.17, 15) is 14.7 Å². The Balaban J connectivity index is 1.47. The number of carboxylic acids is 1. The van der Waals surface area contributed by atoms with Crippen LogP contribution in [0.15, 0.2) is 24.4 Å². The quantitative estimate of drug-likeness (QED) is 0.921. The molecule has 2 aromatic rings. The fraction of sp³-hybridized carbons (Fsp3) is 0.450. The van der Waals surface area contributed by atoms with Gasteiger partial charge in [-0.2, -0.15) is 5.10 Å². The number of carbonyl (C=O) groups is 2. The molecule has 0 unspecified atom stereocenters. The summed E-state index contributed by atoms with van der Waals surface area (Å²) in [6.45, 7) is 3.14. The summed E-state index contributed by atoms with van der Waals surface area (Å²) < 4.78 is 1.81. The van der Waals surface area contributed by atoms with E-state index in [0.717, 1.165) is 37.7 Å². The van der Waals surface area contributed by atoms with Crippen molar-refractivity contribution in [3.8, 4) is 0 Å². The van der Waals surface area contributed by atoms with E-state index < -0.39 is 5.97 Å². The van der Waals surface area contributed by atoms with Crippen LogP contribution in [0.2, 0.25) is 0 Å². The number of hydrogen-bond acceptors (Lipinski definition) is 3. The number of nitrogens with zero attached hydrogens (tertiary/aromatic N) is 3. The van der Waals surface area contributed by atoms with Crippen molar-refractivity contribution in [3.05, 3.63) is 52.3 Å². The van der Waals surface area contributed by atoms with Gasteiger partial charge in [0.25, 0.3) is 5.91 Å². The van der Waals surface area contributed by atoms with Crippen molar-refractivity contribution < 1.29 is 14.7 Å². The van der Waals surface area contributed by atoms with E-state index in [1.54, 1.807) is 6.92 Å². The molecule has 1 saturated heterocycles. The number of carboxylic acid groups (broad SMARTS) is 1. The molecule has 1 aromatic heterocycles. The zero-order valence-electron chi connectivity index (χ0n) is 14.9. The van der Waals surface area contributed by atoms with Crippen LogP contribution in [0.25, 0.3) is 0 Å². The topological polar surface area (TPSA) is 75.4 Å². The standard InChI is InChI=1S/C20H23N3O3/c1-13-18(20(25)26)12-21-23(13)15-8-10-22(11-9-15)19(24)17-7-3-5-14-4-2-6-16(14)17/h3,5,7,12,15H,2,4,6,8-11H2,1H3,(H,25,26). The van der Waals surface area contributed by atoms with Crippen LogP contribution in [0.5, 0.6) is 0 Å². The Kier molecular flexibility index (Phi) is 4.26. The van der Waals surface area contributed by atoms with Crippen molar-refractivity contribution in [1.29, 1.82) is 0 Å². The molecule has 0 atom stereocenters. The number of carbonyl (C=O) groups excluding carboxylic acids is 1. The van der Waals surface area contributed by atoms with Gasteiger partial charge in [0.1, 0.15) is 5.56 Å². The predicted molar refractivity (Wildman–Crippen MR) is 96.6 cm³/mol. The van der Waals surface area contributed by atoms with Gasteiger partial charge in [0, 0.05) is 18.7 Å². The lowest BCUT2D eigenvalue weighted by molar-refractivity contribution is 0.0687. The number of likely N-dealkylation sites (tertiary alicyclic amines) is 1. The molecule has 1 N–H and O–H groups in total. The molecule has 0 bridgehead atoms. The zero-order valence-corrected chi connectivity index (χ0v) is 14.9. The van der Waals surface area contributed by atoms with E-state index >= 15 is 0 Å². The summed E-state index contributed by atoms with van der Waals surface area (Å²) in [7, 11) is 0. The maximum Gasteiger partial charge on any atom is 0.339 e. The lowest BCUT2D eigenvalue weighted by Crippen LogP contribution is -2.39. The highest BCUT2D eigenvalue weighted by atomic mass is 16.4. The Hall–Kier alpha value is -2.63. The van der Waals surface area contributed by atoms with Gasteiger partial charge in [-0.15, -0.1) is 0 Å². The van der Waals surface area contributed by atoms with Gasteiger partial charge in [-0.3, -0.25) is 9.48 Å². The van der Waals surface area contributed by atoms with Gasteiger partial charge in [0.05, 0.1) is 17.9 Å². The second-order valence-corrected chi connectivity index (χ2v) is 7.21. The maximum absolute atomic E-state index is 13.0. The summed E-state index contributed by atoms with van der Waals surface area (Å²) in [6.07, 6.45) is 6.21. The minimum atomic E-state index is -0.945. The minimum absolute atomic E-state index is 0.130. The number of amides is 1. The van der Waals surface area contributed by atoms with Crippen molar-refractivity contribution in [1.82, 2.24) is 14.7 Å². The van der Waals surface area contributed by atoms with Gasteiger partial charge >= 0.3 is 5.97 Å². The fourth-order valence-electron chi connectivity index (χ4n) is 4.31. The van der Waals surface area contributed by atoms with Crippen LogP contribution in [0.4, 0.5) is 0 Å². The largest absolute Gasteiger partial charge is 0.478 e. The van der Waals surface area contributed by atoms with Crippen LogP contribution >= 0.6 is 0 Å². The second kappa shape index (κ2) is 6.59. The van der Waals surface area contributed by atoms with Crippen LogP contribution < -0.4 is 0 Å². The van der Waals surface area contributed by atoms with Crippen LogP contribution in [-0.4, -0.2) is 44.8 Å². The molecule has 6 nitrogen and oxygen atoms in total. The van der Waals surface area contributed by atoms with Gasteiger partial charge in [0.2, 0.25) is 0 Å². The number of piperidine rings is 1. The minimum Gasteiger partial charge on any atom is -0.478 e. The van der Waals surface area contributed by atoms with E-state index in [-0.39, 0.29) is 17.5 Å². The molecule has 6 heteroatoms. The summed E-state index contributed by atoms with van der Waals surface area (Å²) >= 11 is 0. The van der Waals surface area contributed by atoms with E-state index in [1.165, 1.54) is 17.3 Å². The number of aromatic carboxylic acids is 1. The number of aromatic nitrogens is 2. The summed E-state index contributed by atoms with van der Waals surface area (Å²) in [5.74, 6) is -0.815. The highest BCUT2D eigenvalue weighted by molar-refractivity contribution is 5.96. The Bertz CT molecular complexity index is 863. The smallest absolute Gasteiger partial charge is 0.339 e. The molecule has 2 aliphatic rings. The van der Waals surface area contributed by atoms with Crippen molar-refractivity contribution in [3.63, 3.8) is 0 Å². The lowest BCUT2D eigenvalue weighted by atomic mass is 9.99. The molecule has 0 saturated carbocycles. The summed E-state index contributed by atoms with van der Waals surface area (Å²) in [5.41, 5.74) is 4.35. The number of fused-ring (bicyclic) bond motifs is 1. The molecule has 26 heavy (non-hydrogen) atoms. The molecule has 136 valence electrons. The maximum atomic E-state index is 13.0. The molecular formula is C20H23N3O3. The molecule has 1 amide bonds. The number of aryl methyl sites for hydroxylation is 1. The molecule has 1 aliphatic heterocycles. The average Bonchev–Trinajstić information content (AvgIpc) is 3.27. The Morgan fingerprint density at radius 2 is 1.92 bits per heavy atom. The Morgan fingerprint density at radius 3 is 2.62 bits per heavy atom. The summed E-state index contributed by atoms with van der Waals surface area (Å²) in [6, 6.07) is 6.22. The Morgan fingerprint density at radius 1 is 1.15 bits per heavy atom. The van der Waals surface area contributed by atoms with Crippen LogP contribution in [0.3, 0.4) is 0 Å².